The maximum absolute atomic E-state index is 11.9. The minimum atomic E-state index is -3.34. The van der Waals surface area contributed by atoms with Crippen molar-refractivity contribution in [3.8, 4) is 0 Å². The first-order chi connectivity index (χ1) is 9.09. The lowest BCUT2D eigenvalue weighted by Gasteiger charge is -2.04. The standard InChI is InChI=1S/C15H18O3S/c16-15-11-6-8-13(15)7-4-5-12-19(17,18)14-9-2-1-3-10-14/h1-3,5,9-10,12-13H,4,6-8,11H2/b12-5+. The predicted molar refractivity (Wildman–Crippen MR) is 74.3 cm³/mol. The van der Waals surface area contributed by atoms with Gasteiger partial charge in [-0.2, -0.15) is 0 Å². The number of hydrogen-bond acceptors (Lipinski definition) is 3. The Morgan fingerprint density at radius 1 is 1.21 bits per heavy atom. The number of carbonyl (C=O) groups excluding carboxylic acids is 1. The summed E-state index contributed by atoms with van der Waals surface area (Å²) < 4.78 is 23.9. The van der Waals surface area contributed by atoms with Crippen LogP contribution in [0.15, 0.2) is 46.7 Å². The van der Waals surface area contributed by atoms with E-state index in [1.54, 1.807) is 36.4 Å². The van der Waals surface area contributed by atoms with E-state index in [1.165, 1.54) is 5.41 Å². The van der Waals surface area contributed by atoms with Crippen molar-refractivity contribution < 1.29 is 13.2 Å². The van der Waals surface area contributed by atoms with Gasteiger partial charge in [0.1, 0.15) is 5.78 Å². The van der Waals surface area contributed by atoms with Crippen LogP contribution >= 0.6 is 0 Å². The van der Waals surface area contributed by atoms with E-state index in [4.69, 9.17) is 0 Å². The summed E-state index contributed by atoms with van der Waals surface area (Å²) in [6.07, 6.45) is 5.69. The lowest BCUT2D eigenvalue weighted by molar-refractivity contribution is -0.120. The Balaban J connectivity index is 1.90. The smallest absolute Gasteiger partial charge is 0.199 e. The molecule has 19 heavy (non-hydrogen) atoms. The predicted octanol–water partition coefficient (Wildman–Crippen LogP) is 3.12. The fourth-order valence-electron chi connectivity index (χ4n) is 2.37. The van der Waals surface area contributed by atoms with Crippen LogP contribution in [0, 0.1) is 5.92 Å². The van der Waals surface area contributed by atoms with Gasteiger partial charge in [-0.1, -0.05) is 24.3 Å². The van der Waals surface area contributed by atoms with Gasteiger partial charge in [0, 0.05) is 17.7 Å². The molecule has 0 amide bonds. The maximum atomic E-state index is 11.9. The molecule has 3 nitrogen and oxygen atoms in total. The molecular weight excluding hydrogens is 260 g/mol. The molecule has 1 aliphatic rings. The van der Waals surface area contributed by atoms with E-state index in [1.807, 2.05) is 0 Å². The summed E-state index contributed by atoms with van der Waals surface area (Å²) >= 11 is 0. The van der Waals surface area contributed by atoms with Gasteiger partial charge in [-0.3, -0.25) is 4.79 Å². The molecule has 0 spiro atoms. The molecule has 1 fully saturated rings. The van der Waals surface area contributed by atoms with Gasteiger partial charge in [0.25, 0.3) is 0 Å². The number of sulfone groups is 1. The van der Waals surface area contributed by atoms with E-state index in [9.17, 15) is 13.2 Å². The molecule has 1 aromatic rings. The first-order valence-electron chi connectivity index (χ1n) is 6.59. The van der Waals surface area contributed by atoms with Crippen LogP contribution in [-0.4, -0.2) is 14.2 Å². The lowest BCUT2D eigenvalue weighted by atomic mass is 10.0. The molecule has 1 saturated carbocycles. The molecule has 2 rings (SSSR count). The van der Waals surface area contributed by atoms with Gasteiger partial charge >= 0.3 is 0 Å². The first-order valence-corrected chi connectivity index (χ1v) is 8.13. The van der Waals surface area contributed by atoms with Crippen LogP contribution in [0.5, 0.6) is 0 Å². The van der Waals surface area contributed by atoms with E-state index in [0.29, 0.717) is 23.5 Å². The first kappa shape index (κ1) is 14.0. The summed E-state index contributed by atoms with van der Waals surface area (Å²) in [5, 5.41) is 1.25. The number of hydrogen-bond donors (Lipinski definition) is 0. The Kier molecular flexibility index (Phi) is 4.53. The Labute approximate surface area is 114 Å². The minimum Gasteiger partial charge on any atom is -0.299 e. The number of ketones is 1. The molecule has 0 aromatic heterocycles. The van der Waals surface area contributed by atoms with Crippen LogP contribution in [0.25, 0.3) is 0 Å². The van der Waals surface area contributed by atoms with E-state index in [-0.39, 0.29) is 5.92 Å². The van der Waals surface area contributed by atoms with Crippen molar-refractivity contribution in [2.45, 2.75) is 37.0 Å². The van der Waals surface area contributed by atoms with Crippen molar-refractivity contribution >= 4 is 15.6 Å². The highest BCUT2D eigenvalue weighted by atomic mass is 32.2. The number of rotatable bonds is 5. The fraction of sp³-hybridized carbons (Fsp3) is 0.400. The third-order valence-corrected chi connectivity index (χ3v) is 4.94. The van der Waals surface area contributed by atoms with Crippen molar-refractivity contribution in [1.82, 2.24) is 0 Å². The van der Waals surface area contributed by atoms with Gasteiger partial charge in [-0.25, -0.2) is 8.42 Å². The van der Waals surface area contributed by atoms with Crippen LogP contribution in [0.2, 0.25) is 0 Å². The highest BCUT2D eigenvalue weighted by molar-refractivity contribution is 7.94. The molecule has 0 bridgehead atoms. The number of carbonyl (C=O) groups is 1. The largest absolute Gasteiger partial charge is 0.299 e. The van der Waals surface area contributed by atoms with Crippen molar-refractivity contribution in [1.29, 1.82) is 0 Å². The third-order valence-electron chi connectivity index (χ3n) is 3.46. The summed E-state index contributed by atoms with van der Waals surface area (Å²) in [5.41, 5.74) is 0. The van der Waals surface area contributed by atoms with E-state index in [2.05, 4.69) is 0 Å². The van der Waals surface area contributed by atoms with Crippen LogP contribution in [0.3, 0.4) is 0 Å². The Bertz CT molecular complexity index is 558. The maximum Gasteiger partial charge on any atom is 0.199 e. The van der Waals surface area contributed by atoms with E-state index < -0.39 is 9.84 Å². The van der Waals surface area contributed by atoms with Crippen LogP contribution in [0.4, 0.5) is 0 Å². The molecule has 1 aromatic carbocycles. The van der Waals surface area contributed by atoms with Crippen molar-refractivity contribution in [3.05, 3.63) is 41.8 Å². The zero-order valence-corrected chi connectivity index (χ0v) is 11.6. The van der Waals surface area contributed by atoms with Gasteiger partial charge in [0.15, 0.2) is 9.84 Å². The Morgan fingerprint density at radius 3 is 2.58 bits per heavy atom. The summed E-state index contributed by atoms with van der Waals surface area (Å²) in [6, 6.07) is 8.37. The normalized spacial score (nSPS) is 20.2. The summed E-state index contributed by atoms with van der Waals surface area (Å²) in [4.78, 5) is 11.8. The molecule has 0 heterocycles. The van der Waals surface area contributed by atoms with Crippen molar-refractivity contribution in [2.24, 2.45) is 5.92 Å². The second-order valence-electron chi connectivity index (χ2n) is 4.86. The van der Waals surface area contributed by atoms with Crippen molar-refractivity contribution in [3.63, 3.8) is 0 Å². The minimum absolute atomic E-state index is 0.143. The quantitative estimate of drug-likeness (QED) is 0.831. The second-order valence-corrected chi connectivity index (χ2v) is 6.70. The summed E-state index contributed by atoms with van der Waals surface area (Å²) in [7, 11) is -3.34. The molecule has 4 heteroatoms. The fourth-order valence-corrected chi connectivity index (χ4v) is 3.46. The summed E-state index contributed by atoms with van der Waals surface area (Å²) in [6.45, 7) is 0. The zero-order chi connectivity index (χ0) is 13.7. The SMILES string of the molecule is O=C1CCCC1CC/C=C/S(=O)(=O)c1ccccc1. The van der Waals surface area contributed by atoms with Crippen LogP contribution in [0.1, 0.15) is 32.1 Å². The molecule has 1 aliphatic carbocycles. The molecule has 1 atom stereocenters. The van der Waals surface area contributed by atoms with E-state index >= 15 is 0 Å². The molecule has 0 radical (unpaired) electrons. The van der Waals surface area contributed by atoms with Gasteiger partial charge in [0.2, 0.25) is 0 Å². The molecule has 0 N–H and O–H groups in total. The Hall–Kier alpha value is -1.42. The topological polar surface area (TPSA) is 51.2 Å². The molecule has 1 unspecified atom stereocenters. The number of Topliss-reactive ketones (excluding diaryl/α,β-unsaturated/α-hetero) is 1. The van der Waals surface area contributed by atoms with Gasteiger partial charge < -0.3 is 0 Å². The van der Waals surface area contributed by atoms with Crippen molar-refractivity contribution in [2.75, 3.05) is 0 Å². The number of allylic oxidation sites excluding steroid dienone is 1. The molecule has 0 saturated heterocycles. The average Bonchev–Trinajstić information content (AvgIpc) is 2.81. The van der Waals surface area contributed by atoms with Crippen LogP contribution in [-0.2, 0) is 14.6 Å². The van der Waals surface area contributed by atoms with Gasteiger partial charge in [-0.15, -0.1) is 0 Å². The molecule has 0 aliphatic heterocycles. The monoisotopic (exact) mass is 278 g/mol. The average molecular weight is 278 g/mol. The molecule has 102 valence electrons. The second kappa shape index (κ2) is 6.15. The van der Waals surface area contributed by atoms with Gasteiger partial charge in [-0.05, 0) is 37.8 Å². The summed E-state index contributed by atoms with van der Waals surface area (Å²) in [5.74, 6) is 0.475. The highest BCUT2D eigenvalue weighted by Gasteiger charge is 2.23. The van der Waals surface area contributed by atoms with Gasteiger partial charge in [0.05, 0.1) is 4.90 Å². The Morgan fingerprint density at radius 2 is 1.95 bits per heavy atom. The van der Waals surface area contributed by atoms with Crippen LogP contribution < -0.4 is 0 Å². The third kappa shape index (κ3) is 3.77. The number of benzene rings is 1. The highest BCUT2D eigenvalue weighted by Crippen LogP contribution is 2.25. The van der Waals surface area contributed by atoms with E-state index in [0.717, 1.165) is 19.3 Å². The molecular formula is C15H18O3S. The lowest BCUT2D eigenvalue weighted by Crippen LogP contribution is -2.05. The zero-order valence-electron chi connectivity index (χ0n) is 10.8.